The second-order valence-corrected chi connectivity index (χ2v) is 4.53. The van der Waals surface area contributed by atoms with Gasteiger partial charge in [-0.3, -0.25) is 4.90 Å². The van der Waals surface area contributed by atoms with Gasteiger partial charge in [0.25, 0.3) is 0 Å². The van der Waals surface area contributed by atoms with E-state index in [0.717, 1.165) is 31.6 Å². The largest absolute Gasteiger partial charge is 0.496 e. The van der Waals surface area contributed by atoms with E-state index in [0.29, 0.717) is 11.7 Å². The Labute approximate surface area is 101 Å². The molecule has 4 heteroatoms. The fourth-order valence-electron chi connectivity index (χ4n) is 2.30. The molecule has 3 nitrogen and oxygen atoms in total. The molecule has 1 heterocycles. The van der Waals surface area contributed by atoms with Gasteiger partial charge in [-0.15, -0.1) is 0 Å². The minimum absolute atomic E-state index is 0.247. The molecule has 1 aromatic rings. The predicted molar refractivity (Wildman–Crippen MR) is 63.4 cm³/mol. The third-order valence-electron chi connectivity index (χ3n) is 3.27. The van der Waals surface area contributed by atoms with Crippen LogP contribution in [0.15, 0.2) is 18.2 Å². The van der Waals surface area contributed by atoms with E-state index in [1.165, 1.54) is 12.1 Å². The molecule has 17 heavy (non-hydrogen) atoms. The molecule has 0 amide bonds. The van der Waals surface area contributed by atoms with Crippen molar-refractivity contribution in [2.45, 2.75) is 13.0 Å². The van der Waals surface area contributed by atoms with Crippen LogP contribution in [0.5, 0.6) is 5.75 Å². The Morgan fingerprint density at radius 2 is 2.35 bits per heavy atom. The highest BCUT2D eigenvalue weighted by molar-refractivity contribution is 5.33. The summed E-state index contributed by atoms with van der Waals surface area (Å²) in [5.41, 5.74) is 0.993. The summed E-state index contributed by atoms with van der Waals surface area (Å²) in [5.74, 6) is 0.694. The van der Waals surface area contributed by atoms with Crippen LogP contribution in [0, 0.1) is 11.7 Å². The van der Waals surface area contributed by atoms with Crippen LogP contribution in [0.25, 0.3) is 0 Å². The van der Waals surface area contributed by atoms with Gasteiger partial charge >= 0.3 is 0 Å². The average molecular weight is 239 g/mol. The van der Waals surface area contributed by atoms with E-state index < -0.39 is 0 Å². The second kappa shape index (κ2) is 5.47. The van der Waals surface area contributed by atoms with Gasteiger partial charge in [-0.25, -0.2) is 4.39 Å². The summed E-state index contributed by atoms with van der Waals surface area (Å²) in [5, 5.41) is 9.09. The molecule has 0 saturated carbocycles. The zero-order valence-corrected chi connectivity index (χ0v) is 10.0. The highest BCUT2D eigenvalue weighted by Gasteiger charge is 2.22. The molecule has 2 rings (SSSR count). The van der Waals surface area contributed by atoms with Gasteiger partial charge in [-0.05, 0) is 24.9 Å². The van der Waals surface area contributed by atoms with Gasteiger partial charge in [-0.2, -0.15) is 0 Å². The molecule has 1 aliphatic rings. The Morgan fingerprint density at radius 1 is 1.53 bits per heavy atom. The summed E-state index contributed by atoms with van der Waals surface area (Å²) in [6.45, 7) is 2.87. The van der Waals surface area contributed by atoms with Gasteiger partial charge < -0.3 is 9.84 Å². The lowest BCUT2D eigenvalue weighted by atomic mass is 10.1. The first-order chi connectivity index (χ1) is 8.22. The number of halogens is 1. The van der Waals surface area contributed by atoms with Crippen LogP contribution in [-0.4, -0.2) is 36.8 Å². The zero-order valence-electron chi connectivity index (χ0n) is 10.0. The summed E-state index contributed by atoms with van der Waals surface area (Å²) >= 11 is 0. The molecular formula is C13H18FNO2. The van der Waals surface area contributed by atoms with Crippen molar-refractivity contribution in [2.75, 3.05) is 26.8 Å². The summed E-state index contributed by atoms with van der Waals surface area (Å²) in [6.07, 6.45) is 1.03. The van der Waals surface area contributed by atoms with Crippen molar-refractivity contribution in [3.8, 4) is 5.75 Å². The molecule has 1 aromatic carbocycles. The Bertz CT molecular complexity index is 384. The van der Waals surface area contributed by atoms with Crippen LogP contribution in [0.2, 0.25) is 0 Å². The maximum atomic E-state index is 13.0. The van der Waals surface area contributed by atoms with Crippen molar-refractivity contribution in [3.05, 3.63) is 29.6 Å². The van der Waals surface area contributed by atoms with Crippen LogP contribution < -0.4 is 4.74 Å². The molecule has 1 atom stereocenters. The van der Waals surface area contributed by atoms with Crippen molar-refractivity contribution in [1.82, 2.24) is 4.90 Å². The number of hydrogen-bond donors (Lipinski definition) is 1. The van der Waals surface area contributed by atoms with E-state index in [1.807, 2.05) is 0 Å². The SMILES string of the molecule is COc1cc(F)ccc1CN1CC[C@H](CO)C1. The van der Waals surface area contributed by atoms with E-state index in [4.69, 9.17) is 9.84 Å². The average Bonchev–Trinajstić information content (AvgIpc) is 2.79. The minimum atomic E-state index is -0.278. The monoisotopic (exact) mass is 239 g/mol. The van der Waals surface area contributed by atoms with Gasteiger partial charge in [0, 0.05) is 31.3 Å². The topological polar surface area (TPSA) is 32.7 Å². The van der Waals surface area contributed by atoms with Gasteiger partial charge in [-0.1, -0.05) is 6.07 Å². The highest BCUT2D eigenvalue weighted by atomic mass is 19.1. The number of nitrogens with zero attached hydrogens (tertiary/aromatic N) is 1. The zero-order chi connectivity index (χ0) is 12.3. The van der Waals surface area contributed by atoms with Crippen molar-refractivity contribution < 1.29 is 14.2 Å². The summed E-state index contributed by atoms with van der Waals surface area (Å²) < 4.78 is 18.2. The number of methoxy groups -OCH3 is 1. The van der Waals surface area contributed by atoms with E-state index in [9.17, 15) is 4.39 Å². The summed E-state index contributed by atoms with van der Waals surface area (Å²) in [6, 6.07) is 4.63. The first-order valence-electron chi connectivity index (χ1n) is 5.88. The first-order valence-corrected chi connectivity index (χ1v) is 5.88. The van der Waals surface area contributed by atoms with Gasteiger partial charge in [0.2, 0.25) is 0 Å². The maximum Gasteiger partial charge on any atom is 0.126 e. The third-order valence-corrected chi connectivity index (χ3v) is 3.27. The van der Waals surface area contributed by atoms with Crippen molar-refractivity contribution in [1.29, 1.82) is 0 Å². The normalized spacial score (nSPS) is 20.8. The number of aliphatic hydroxyl groups excluding tert-OH is 1. The molecular weight excluding hydrogens is 221 g/mol. The molecule has 0 aromatic heterocycles. The quantitative estimate of drug-likeness (QED) is 0.867. The Hall–Kier alpha value is -1.13. The van der Waals surface area contributed by atoms with Crippen molar-refractivity contribution in [3.63, 3.8) is 0 Å². The lowest BCUT2D eigenvalue weighted by Gasteiger charge is -2.17. The fraction of sp³-hybridized carbons (Fsp3) is 0.538. The van der Waals surface area contributed by atoms with Gasteiger partial charge in [0.15, 0.2) is 0 Å². The Morgan fingerprint density at radius 3 is 3.00 bits per heavy atom. The second-order valence-electron chi connectivity index (χ2n) is 4.53. The first kappa shape index (κ1) is 12.3. The summed E-state index contributed by atoms with van der Waals surface area (Å²) in [7, 11) is 1.55. The molecule has 0 bridgehead atoms. The molecule has 1 saturated heterocycles. The van der Waals surface area contributed by atoms with Crippen LogP contribution >= 0.6 is 0 Å². The standard InChI is InChI=1S/C13H18FNO2/c1-17-13-6-12(14)3-2-11(13)8-15-5-4-10(7-15)9-16/h2-3,6,10,16H,4-5,7-9H2,1H3/t10-/m0/s1. The Balaban J connectivity index is 2.03. The molecule has 94 valence electrons. The number of aliphatic hydroxyl groups is 1. The van der Waals surface area contributed by atoms with Gasteiger partial charge in [0.1, 0.15) is 11.6 Å². The smallest absolute Gasteiger partial charge is 0.126 e. The molecule has 0 radical (unpaired) electrons. The van der Waals surface area contributed by atoms with E-state index in [-0.39, 0.29) is 12.4 Å². The van der Waals surface area contributed by atoms with Crippen molar-refractivity contribution >= 4 is 0 Å². The van der Waals surface area contributed by atoms with Gasteiger partial charge in [0.05, 0.1) is 7.11 Å². The summed E-state index contributed by atoms with van der Waals surface area (Å²) in [4.78, 5) is 2.26. The highest BCUT2D eigenvalue weighted by Crippen LogP contribution is 2.24. The molecule has 0 aliphatic carbocycles. The molecule has 0 unspecified atom stereocenters. The van der Waals surface area contributed by atoms with Crippen molar-refractivity contribution in [2.24, 2.45) is 5.92 Å². The number of benzene rings is 1. The van der Waals surface area contributed by atoms with E-state index >= 15 is 0 Å². The van der Waals surface area contributed by atoms with Crippen LogP contribution in [0.1, 0.15) is 12.0 Å². The number of rotatable bonds is 4. The Kier molecular flexibility index (Phi) is 3.97. The number of hydrogen-bond acceptors (Lipinski definition) is 3. The number of ether oxygens (including phenoxy) is 1. The predicted octanol–water partition coefficient (Wildman–Crippen LogP) is 1.65. The van der Waals surface area contributed by atoms with Crippen LogP contribution in [-0.2, 0) is 6.54 Å². The molecule has 1 fully saturated rings. The third kappa shape index (κ3) is 2.96. The lowest BCUT2D eigenvalue weighted by Crippen LogP contribution is -2.21. The van der Waals surface area contributed by atoms with E-state index in [2.05, 4.69) is 4.90 Å². The molecule has 0 spiro atoms. The lowest BCUT2D eigenvalue weighted by molar-refractivity contribution is 0.219. The minimum Gasteiger partial charge on any atom is -0.496 e. The molecule has 1 N–H and O–H groups in total. The van der Waals surface area contributed by atoms with E-state index in [1.54, 1.807) is 13.2 Å². The maximum absolute atomic E-state index is 13.0. The fourth-order valence-corrected chi connectivity index (χ4v) is 2.30. The number of likely N-dealkylation sites (tertiary alicyclic amines) is 1. The van der Waals surface area contributed by atoms with Crippen LogP contribution in [0.4, 0.5) is 4.39 Å². The molecule has 1 aliphatic heterocycles. The van der Waals surface area contributed by atoms with Crippen LogP contribution in [0.3, 0.4) is 0 Å².